The molecule has 3 aromatic carbocycles. The predicted octanol–water partition coefficient (Wildman–Crippen LogP) is 6.20. The quantitative estimate of drug-likeness (QED) is 0.348. The van der Waals surface area contributed by atoms with E-state index in [9.17, 15) is 13.6 Å². The molecule has 1 amide bonds. The van der Waals surface area contributed by atoms with Gasteiger partial charge in [-0.3, -0.25) is 4.79 Å². The van der Waals surface area contributed by atoms with E-state index < -0.39 is 5.82 Å². The first-order chi connectivity index (χ1) is 17.0. The second-order valence-corrected chi connectivity index (χ2v) is 8.85. The van der Waals surface area contributed by atoms with E-state index in [1.54, 1.807) is 18.2 Å². The number of hydrogen-bond donors (Lipinski definition) is 1. The highest BCUT2D eigenvalue weighted by molar-refractivity contribution is 6.30. The summed E-state index contributed by atoms with van der Waals surface area (Å²) in [5.74, 6) is 0.557. The molecule has 4 aromatic rings. The summed E-state index contributed by atoms with van der Waals surface area (Å²) in [7, 11) is 0. The summed E-state index contributed by atoms with van der Waals surface area (Å²) in [5, 5.41) is 3.29. The molecule has 5 rings (SSSR count). The third-order valence-electron chi connectivity index (χ3n) is 6.10. The zero-order chi connectivity index (χ0) is 24.4. The fourth-order valence-electron chi connectivity index (χ4n) is 4.24. The molecule has 0 atom stereocenters. The largest absolute Gasteiger partial charge is 0.340 e. The Morgan fingerprint density at radius 1 is 1.00 bits per heavy atom. The van der Waals surface area contributed by atoms with Crippen molar-refractivity contribution in [2.24, 2.45) is 0 Å². The van der Waals surface area contributed by atoms with Gasteiger partial charge in [-0.25, -0.2) is 13.8 Å². The molecule has 5 nitrogen and oxygen atoms in total. The van der Waals surface area contributed by atoms with Crippen LogP contribution in [0.1, 0.15) is 17.8 Å². The Morgan fingerprint density at radius 3 is 2.51 bits per heavy atom. The smallest absolute Gasteiger partial charge is 0.223 e. The van der Waals surface area contributed by atoms with Gasteiger partial charge in [-0.05, 0) is 54.4 Å². The number of aromatic nitrogens is 2. The van der Waals surface area contributed by atoms with Crippen molar-refractivity contribution in [2.45, 2.75) is 25.9 Å². The van der Waals surface area contributed by atoms with E-state index in [1.165, 1.54) is 24.3 Å². The molecule has 2 heterocycles. The lowest BCUT2D eigenvalue weighted by molar-refractivity contribution is -0.132. The van der Waals surface area contributed by atoms with Crippen LogP contribution in [0, 0.1) is 11.6 Å². The molecule has 0 saturated heterocycles. The van der Waals surface area contributed by atoms with Crippen molar-refractivity contribution in [3.8, 4) is 11.3 Å². The highest BCUT2D eigenvalue weighted by Crippen LogP contribution is 2.34. The van der Waals surface area contributed by atoms with Crippen molar-refractivity contribution in [3.05, 3.63) is 101 Å². The molecule has 0 unspecified atom stereocenters. The number of halogens is 3. The molecule has 0 saturated carbocycles. The molecule has 0 spiro atoms. The van der Waals surface area contributed by atoms with E-state index in [0.717, 1.165) is 5.56 Å². The second kappa shape index (κ2) is 9.88. The summed E-state index contributed by atoms with van der Waals surface area (Å²) < 4.78 is 29.6. The van der Waals surface area contributed by atoms with Crippen molar-refractivity contribution in [3.63, 3.8) is 0 Å². The number of carbonyl (C=O) groups excluding carboxylic acids is 1. The van der Waals surface area contributed by atoms with E-state index >= 15 is 0 Å². The first-order valence-electron chi connectivity index (χ1n) is 11.4. The fraction of sp³-hybridized carbons (Fsp3) is 0.185. The minimum Gasteiger partial charge on any atom is -0.340 e. The Bertz CT molecular complexity index is 1360. The fourth-order valence-corrected chi connectivity index (χ4v) is 4.36. The number of carbonyl (C=O) groups is 1. The van der Waals surface area contributed by atoms with Crippen LogP contribution in [0.3, 0.4) is 0 Å². The van der Waals surface area contributed by atoms with Gasteiger partial charge in [0, 0.05) is 30.8 Å². The minimum absolute atomic E-state index is 0.0364. The van der Waals surface area contributed by atoms with Gasteiger partial charge in [0.05, 0.1) is 11.6 Å². The SMILES string of the molecule is O=C(CCc1ccccc1)N1CCn2c(nc(-c3ccc(F)cc3)c2Nc2ccc(Cl)c(F)c2)C1. The number of aryl methyl sites for hydroxylation is 1. The summed E-state index contributed by atoms with van der Waals surface area (Å²) in [5.41, 5.74) is 2.96. The lowest BCUT2D eigenvalue weighted by Crippen LogP contribution is -2.38. The van der Waals surface area contributed by atoms with Crippen LogP contribution < -0.4 is 5.32 Å². The Morgan fingerprint density at radius 2 is 1.77 bits per heavy atom. The van der Waals surface area contributed by atoms with Crippen LogP contribution in [0.15, 0.2) is 72.8 Å². The van der Waals surface area contributed by atoms with Crippen molar-refractivity contribution in [1.29, 1.82) is 0 Å². The number of anilines is 2. The normalized spacial score (nSPS) is 12.9. The maximum absolute atomic E-state index is 14.1. The maximum Gasteiger partial charge on any atom is 0.223 e. The van der Waals surface area contributed by atoms with Crippen molar-refractivity contribution < 1.29 is 13.6 Å². The van der Waals surface area contributed by atoms with Crippen LogP contribution in [0.2, 0.25) is 5.02 Å². The molecule has 178 valence electrons. The number of nitrogens with one attached hydrogen (secondary N) is 1. The lowest BCUT2D eigenvalue weighted by Gasteiger charge is -2.28. The zero-order valence-corrected chi connectivity index (χ0v) is 19.6. The second-order valence-electron chi connectivity index (χ2n) is 8.44. The van der Waals surface area contributed by atoms with Gasteiger partial charge in [0.15, 0.2) is 0 Å². The Labute approximate surface area is 207 Å². The van der Waals surface area contributed by atoms with E-state index in [0.29, 0.717) is 61.1 Å². The maximum atomic E-state index is 14.1. The third kappa shape index (κ3) is 5.05. The first-order valence-corrected chi connectivity index (χ1v) is 11.7. The molecule has 1 aliphatic rings. The molecule has 0 radical (unpaired) electrons. The van der Waals surface area contributed by atoms with Crippen LogP contribution in [0.5, 0.6) is 0 Å². The van der Waals surface area contributed by atoms with Crippen LogP contribution in [0.4, 0.5) is 20.3 Å². The molecule has 0 bridgehead atoms. The van der Waals surface area contributed by atoms with Crippen LogP contribution in [-0.4, -0.2) is 26.9 Å². The van der Waals surface area contributed by atoms with Crippen LogP contribution in [0.25, 0.3) is 11.3 Å². The Hall–Kier alpha value is -3.71. The summed E-state index contributed by atoms with van der Waals surface area (Å²) in [6, 6.07) is 20.5. The predicted molar refractivity (Wildman–Crippen MR) is 132 cm³/mol. The van der Waals surface area contributed by atoms with Crippen LogP contribution >= 0.6 is 11.6 Å². The number of amides is 1. The molecule has 0 fully saturated rings. The van der Waals surface area contributed by atoms with Crippen molar-refractivity contribution >= 4 is 29.0 Å². The van der Waals surface area contributed by atoms with Crippen molar-refractivity contribution in [2.75, 3.05) is 11.9 Å². The first kappa shape index (κ1) is 23.1. The van der Waals surface area contributed by atoms with Gasteiger partial charge in [0.1, 0.15) is 29.0 Å². The van der Waals surface area contributed by atoms with Gasteiger partial charge >= 0.3 is 0 Å². The summed E-state index contributed by atoms with van der Waals surface area (Å²) >= 11 is 5.84. The van der Waals surface area contributed by atoms with Gasteiger partial charge in [-0.15, -0.1) is 0 Å². The molecular weight excluding hydrogens is 470 g/mol. The monoisotopic (exact) mass is 492 g/mol. The molecule has 1 N–H and O–H groups in total. The van der Waals surface area contributed by atoms with Gasteiger partial charge in [-0.2, -0.15) is 0 Å². The van der Waals surface area contributed by atoms with Gasteiger partial charge in [-0.1, -0.05) is 41.9 Å². The van der Waals surface area contributed by atoms with Gasteiger partial charge in [0.2, 0.25) is 5.91 Å². The number of nitrogens with zero attached hydrogens (tertiary/aromatic N) is 3. The van der Waals surface area contributed by atoms with E-state index in [1.807, 2.05) is 39.8 Å². The molecule has 8 heteroatoms. The standard InChI is InChI=1S/C27H23ClF2N4O/c28-22-12-11-21(16-23(22)30)31-27-26(19-7-9-20(29)10-8-19)32-24-17-33(14-15-34(24)27)25(35)13-6-18-4-2-1-3-5-18/h1-5,7-12,16,31H,6,13-15,17H2. The molecule has 35 heavy (non-hydrogen) atoms. The molecule has 1 aromatic heterocycles. The van der Waals surface area contributed by atoms with Gasteiger partial charge in [0.25, 0.3) is 0 Å². The van der Waals surface area contributed by atoms with E-state index in [2.05, 4.69) is 5.32 Å². The average molecular weight is 493 g/mol. The Balaban J connectivity index is 1.42. The topological polar surface area (TPSA) is 50.2 Å². The molecule has 0 aliphatic carbocycles. The number of imidazole rings is 1. The molecular formula is C27H23ClF2N4O. The number of fused-ring (bicyclic) bond motifs is 1. The van der Waals surface area contributed by atoms with Gasteiger partial charge < -0.3 is 14.8 Å². The van der Waals surface area contributed by atoms with E-state index in [4.69, 9.17) is 16.6 Å². The summed E-state index contributed by atoms with van der Waals surface area (Å²) in [4.78, 5) is 19.5. The highest BCUT2D eigenvalue weighted by atomic mass is 35.5. The lowest BCUT2D eigenvalue weighted by atomic mass is 10.1. The Kier molecular flexibility index (Phi) is 6.51. The minimum atomic E-state index is -0.534. The van der Waals surface area contributed by atoms with Crippen molar-refractivity contribution in [1.82, 2.24) is 14.5 Å². The third-order valence-corrected chi connectivity index (χ3v) is 6.40. The highest BCUT2D eigenvalue weighted by Gasteiger charge is 2.27. The summed E-state index contributed by atoms with van der Waals surface area (Å²) in [6.07, 6.45) is 1.10. The van der Waals surface area contributed by atoms with Crippen LogP contribution in [-0.2, 0) is 24.3 Å². The number of rotatable bonds is 6. The summed E-state index contributed by atoms with van der Waals surface area (Å²) in [6.45, 7) is 1.42. The average Bonchev–Trinajstić information content (AvgIpc) is 3.23. The number of hydrogen-bond acceptors (Lipinski definition) is 3. The van der Waals surface area contributed by atoms with E-state index in [-0.39, 0.29) is 16.7 Å². The zero-order valence-electron chi connectivity index (χ0n) is 18.8. The molecule has 1 aliphatic heterocycles. The number of benzene rings is 3.